The number of nitrogens with zero attached hydrogens (tertiary/aromatic N) is 1. The Labute approximate surface area is 160 Å². The number of hydrogen-bond donors (Lipinski definition) is 0. The minimum Gasteiger partial charge on any atom is -0.465 e. The van der Waals surface area contributed by atoms with Crippen molar-refractivity contribution in [3.8, 4) is 0 Å². The monoisotopic (exact) mass is 389 g/mol. The van der Waals surface area contributed by atoms with Gasteiger partial charge in [-0.2, -0.15) is 0 Å². The van der Waals surface area contributed by atoms with E-state index in [1.54, 1.807) is 48.2 Å². The molecule has 26 heavy (non-hydrogen) atoms. The summed E-state index contributed by atoms with van der Waals surface area (Å²) >= 11 is 7.38. The lowest BCUT2D eigenvalue weighted by molar-refractivity contribution is -0.143. The van der Waals surface area contributed by atoms with Crippen LogP contribution in [0, 0.1) is 0 Å². The van der Waals surface area contributed by atoms with E-state index in [0.717, 1.165) is 9.80 Å². The number of benzene rings is 2. The van der Waals surface area contributed by atoms with E-state index in [1.807, 2.05) is 12.1 Å². The third-order valence-corrected chi connectivity index (χ3v) is 5.07. The van der Waals surface area contributed by atoms with Crippen molar-refractivity contribution in [3.05, 3.63) is 64.7 Å². The first-order chi connectivity index (χ1) is 12.6. The number of ether oxygens (including phenoxy) is 1. The fraction of sp³-hybridized carbons (Fsp3) is 0.211. The van der Waals surface area contributed by atoms with Crippen molar-refractivity contribution < 1.29 is 19.1 Å². The molecule has 1 heterocycles. The van der Waals surface area contributed by atoms with E-state index < -0.39 is 5.97 Å². The fourth-order valence-corrected chi connectivity index (χ4v) is 3.42. The quantitative estimate of drug-likeness (QED) is 0.313. The lowest BCUT2D eigenvalue weighted by Crippen LogP contribution is -2.32. The molecule has 0 bridgehead atoms. The molecule has 2 amide bonds. The molecule has 7 heteroatoms. The Bertz CT molecular complexity index is 803. The predicted octanol–water partition coefficient (Wildman–Crippen LogP) is 3.66. The van der Waals surface area contributed by atoms with E-state index in [-0.39, 0.29) is 31.4 Å². The second-order valence-corrected chi connectivity index (χ2v) is 7.19. The molecule has 1 aliphatic rings. The van der Waals surface area contributed by atoms with E-state index in [0.29, 0.717) is 21.9 Å². The molecule has 0 aromatic heterocycles. The van der Waals surface area contributed by atoms with Crippen LogP contribution in [0.15, 0.2) is 53.4 Å². The minimum atomic E-state index is -0.432. The molecular formula is C19H16ClNO4S. The second-order valence-electron chi connectivity index (χ2n) is 5.58. The van der Waals surface area contributed by atoms with Crippen LogP contribution >= 0.6 is 23.4 Å². The van der Waals surface area contributed by atoms with Gasteiger partial charge in [-0.1, -0.05) is 23.7 Å². The first kappa shape index (κ1) is 18.5. The van der Waals surface area contributed by atoms with Gasteiger partial charge in [-0.25, -0.2) is 0 Å². The summed E-state index contributed by atoms with van der Waals surface area (Å²) in [5.74, 6) is -0.549. The standard InChI is InChI=1S/C19H16ClNO4S/c20-13-5-7-14(8-6-13)26-12-11-25-17(22)9-10-21-18(23)15-3-1-2-4-16(15)19(21)24/h1-8H,9-12H2. The van der Waals surface area contributed by atoms with E-state index in [9.17, 15) is 14.4 Å². The highest BCUT2D eigenvalue weighted by Crippen LogP contribution is 2.23. The van der Waals surface area contributed by atoms with Crippen molar-refractivity contribution in [1.29, 1.82) is 0 Å². The molecule has 3 rings (SSSR count). The maximum absolute atomic E-state index is 12.2. The van der Waals surface area contributed by atoms with Gasteiger partial charge in [0, 0.05) is 22.2 Å². The van der Waals surface area contributed by atoms with Crippen molar-refractivity contribution in [2.45, 2.75) is 11.3 Å². The molecule has 0 atom stereocenters. The van der Waals surface area contributed by atoms with Crippen molar-refractivity contribution in [2.75, 3.05) is 18.9 Å². The van der Waals surface area contributed by atoms with Gasteiger partial charge in [-0.15, -0.1) is 11.8 Å². The van der Waals surface area contributed by atoms with Gasteiger partial charge in [-0.05, 0) is 36.4 Å². The highest BCUT2D eigenvalue weighted by Gasteiger charge is 2.35. The van der Waals surface area contributed by atoms with Crippen molar-refractivity contribution in [1.82, 2.24) is 4.90 Å². The molecule has 134 valence electrons. The Kier molecular flexibility index (Phi) is 5.96. The van der Waals surface area contributed by atoms with Gasteiger partial charge < -0.3 is 4.74 Å². The molecule has 0 spiro atoms. The van der Waals surface area contributed by atoms with Gasteiger partial charge in [0.15, 0.2) is 0 Å². The summed E-state index contributed by atoms with van der Waals surface area (Å²) in [7, 11) is 0. The average Bonchev–Trinajstić information content (AvgIpc) is 2.89. The zero-order chi connectivity index (χ0) is 18.5. The van der Waals surface area contributed by atoms with Crippen LogP contribution in [0.2, 0.25) is 5.02 Å². The zero-order valence-electron chi connectivity index (χ0n) is 13.8. The molecule has 2 aromatic rings. The second kappa shape index (κ2) is 8.38. The number of hydrogen-bond acceptors (Lipinski definition) is 5. The SMILES string of the molecule is O=C(CCN1C(=O)c2ccccc2C1=O)OCCSc1ccc(Cl)cc1. The zero-order valence-corrected chi connectivity index (χ0v) is 15.4. The van der Waals surface area contributed by atoms with E-state index in [2.05, 4.69) is 0 Å². The summed E-state index contributed by atoms with van der Waals surface area (Å²) in [5, 5.41) is 0.675. The molecule has 0 N–H and O–H groups in total. The summed E-state index contributed by atoms with van der Waals surface area (Å²) in [4.78, 5) is 38.4. The third-order valence-electron chi connectivity index (χ3n) is 3.85. The van der Waals surface area contributed by atoms with Crippen LogP contribution in [-0.4, -0.2) is 41.6 Å². The van der Waals surface area contributed by atoms with Crippen LogP contribution in [0.3, 0.4) is 0 Å². The summed E-state index contributed by atoms with van der Waals surface area (Å²) in [5.41, 5.74) is 0.760. The Balaban J connectivity index is 1.40. The topological polar surface area (TPSA) is 63.7 Å². The van der Waals surface area contributed by atoms with Crippen LogP contribution in [0.1, 0.15) is 27.1 Å². The van der Waals surface area contributed by atoms with Gasteiger partial charge in [0.25, 0.3) is 11.8 Å². The normalized spacial score (nSPS) is 13.0. The Morgan fingerprint density at radius 3 is 2.23 bits per heavy atom. The van der Waals surface area contributed by atoms with Crippen LogP contribution in [0.25, 0.3) is 0 Å². The molecule has 0 fully saturated rings. The van der Waals surface area contributed by atoms with E-state index >= 15 is 0 Å². The van der Waals surface area contributed by atoms with Crippen molar-refractivity contribution in [2.24, 2.45) is 0 Å². The predicted molar refractivity (Wildman–Crippen MR) is 99.6 cm³/mol. The molecule has 0 unspecified atom stereocenters. The van der Waals surface area contributed by atoms with Crippen LogP contribution in [0.5, 0.6) is 0 Å². The average molecular weight is 390 g/mol. The van der Waals surface area contributed by atoms with Gasteiger partial charge in [-0.3, -0.25) is 19.3 Å². The maximum atomic E-state index is 12.2. The Morgan fingerprint density at radius 2 is 1.62 bits per heavy atom. The lowest BCUT2D eigenvalue weighted by Gasteiger charge is -2.13. The molecule has 0 saturated heterocycles. The molecule has 1 aliphatic heterocycles. The van der Waals surface area contributed by atoms with Gasteiger partial charge in [0.05, 0.1) is 17.5 Å². The summed E-state index contributed by atoms with van der Waals surface area (Å²) in [6.45, 7) is 0.282. The third kappa shape index (κ3) is 4.26. The Morgan fingerprint density at radius 1 is 1.00 bits per heavy atom. The van der Waals surface area contributed by atoms with Crippen molar-refractivity contribution >= 4 is 41.1 Å². The maximum Gasteiger partial charge on any atom is 0.307 e. The number of thioether (sulfide) groups is 1. The number of fused-ring (bicyclic) bond motifs is 1. The molecule has 0 saturated carbocycles. The molecule has 5 nitrogen and oxygen atoms in total. The number of amides is 2. The first-order valence-corrected chi connectivity index (χ1v) is 9.42. The number of imide groups is 1. The molecule has 0 radical (unpaired) electrons. The molecular weight excluding hydrogens is 374 g/mol. The van der Waals surface area contributed by atoms with Crippen LogP contribution in [0.4, 0.5) is 0 Å². The smallest absolute Gasteiger partial charge is 0.307 e. The Hall–Kier alpha value is -2.31. The van der Waals surface area contributed by atoms with Crippen LogP contribution in [-0.2, 0) is 9.53 Å². The van der Waals surface area contributed by atoms with Gasteiger partial charge in [0.1, 0.15) is 6.61 Å². The van der Waals surface area contributed by atoms with Gasteiger partial charge in [0.2, 0.25) is 0 Å². The number of halogens is 1. The highest BCUT2D eigenvalue weighted by molar-refractivity contribution is 7.99. The summed E-state index contributed by atoms with van der Waals surface area (Å²) < 4.78 is 5.16. The fourth-order valence-electron chi connectivity index (χ4n) is 2.56. The highest BCUT2D eigenvalue weighted by atomic mass is 35.5. The number of rotatable bonds is 7. The number of esters is 1. The van der Waals surface area contributed by atoms with E-state index in [4.69, 9.17) is 16.3 Å². The van der Waals surface area contributed by atoms with Crippen molar-refractivity contribution in [3.63, 3.8) is 0 Å². The molecule has 2 aromatic carbocycles. The number of carbonyl (C=O) groups is 3. The summed E-state index contributed by atoms with van der Waals surface area (Å²) in [6.07, 6.45) is -0.0168. The first-order valence-electron chi connectivity index (χ1n) is 8.05. The van der Waals surface area contributed by atoms with Gasteiger partial charge >= 0.3 is 5.97 Å². The largest absolute Gasteiger partial charge is 0.465 e. The minimum absolute atomic E-state index is 0.0168. The lowest BCUT2D eigenvalue weighted by atomic mass is 10.1. The van der Waals surface area contributed by atoms with E-state index in [1.165, 1.54) is 0 Å². The summed E-state index contributed by atoms with van der Waals surface area (Å²) in [6, 6.07) is 14.0. The van der Waals surface area contributed by atoms with Crippen LogP contribution < -0.4 is 0 Å². The number of carbonyl (C=O) groups excluding carboxylic acids is 3. The molecule has 0 aliphatic carbocycles.